The van der Waals surface area contributed by atoms with Crippen LogP contribution in [0.25, 0.3) is 0 Å². The van der Waals surface area contributed by atoms with Gasteiger partial charge in [-0.3, -0.25) is 0 Å². The van der Waals surface area contributed by atoms with Gasteiger partial charge in [0.1, 0.15) is 18.1 Å². The van der Waals surface area contributed by atoms with Gasteiger partial charge in [0.2, 0.25) is 0 Å². The summed E-state index contributed by atoms with van der Waals surface area (Å²) in [5.74, 6) is 0.502. The lowest BCUT2D eigenvalue weighted by Gasteiger charge is -2.19. The van der Waals surface area contributed by atoms with Crippen LogP contribution in [0.5, 0.6) is 11.5 Å². The van der Waals surface area contributed by atoms with E-state index in [1.807, 2.05) is 25.1 Å². The first-order valence-electron chi connectivity index (χ1n) is 10.2. The quantitative estimate of drug-likeness (QED) is 0.677. The smallest absolute Gasteiger partial charge is 0.492 e. The molecule has 2 N–H and O–H groups in total. The molecule has 9 heteroatoms. The van der Waals surface area contributed by atoms with Crippen LogP contribution < -0.4 is 20.1 Å². The van der Waals surface area contributed by atoms with Crippen LogP contribution in [-0.4, -0.2) is 43.5 Å². The highest BCUT2D eigenvalue weighted by Crippen LogP contribution is 2.38. The number of carbonyl (C=O) groups is 1. The van der Waals surface area contributed by atoms with Gasteiger partial charge in [-0.1, -0.05) is 6.07 Å². The first-order chi connectivity index (χ1) is 14.8. The van der Waals surface area contributed by atoms with Crippen molar-refractivity contribution >= 4 is 11.7 Å². The van der Waals surface area contributed by atoms with Crippen LogP contribution in [0.4, 0.5) is 23.7 Å². The predicted molar refractivity (Wildman–Crippen MR) is 109 cm³/mol. The number of carbonyl (C=O) groups excluding carboxylic acids is 1. The van der Waals surface area contributed by atoms with Gasteiger partial charge in [0.25, 0.3) is 0 Å². The minimum atomic E-state index is -4.71. The van der Waals surface area contributed by atoms with Gasteiger partial charge in [0.15, 0.2) is 0 Å². The topological polar surface area (TPSA) is 62.8 Å². The van der Waals surface area contributed by atoms with Gasteiger partial charge < -0.3 is 25.0 Å². The summed E-state index contributed by atoms with van der Waals surface area (Å²) in [7, 11) is 0. The largest absolute Gasteiger partial charge is 0.573 e. The number of anilines is 1. The Kier molecular flexibility index (Phi) is 5.84. The van der Waals surface area contributed by atoms with Crippen LogP contribution in [0.1, 0.15) is 29.2 Å². The molecule has 0 radical (unpaired) electrons. The Bertz CT molecular complexity index is 965. The van der Waals surface area contributed by atoms with Crippen molar-refractivity contribution in [2.24, 2.45) is 0 Å². The van der Waals surface area contributed by atoms with Crippen molar-refractivity contribution < 1.29 is 27.4 Å². The predicted octanol–water partition coefficient (Wildman–Crippen LogP) is 4.40. The molecule has 1 aliphatic heterocycles. The number of fused-ring (bicyclic) bond motifs is 1. The molecule has 2 aromatic carbocycles. The average molecular weight is 435 g/mol. The van der Waals surface area contributed by atoms with E-state index in [0.717, 1.165) is 35.2 Å². The molecule has 2 amide bonds. The maximum Gasteiger partial charge on any atom is 0.573 e. The zero-order valence-electron chi connectivity index (χ0n) is 17.1. The fraction of sp³-hybridized carbons (Fsp3) is 0.409. The van der Waals surface area contributed by atoms with E-state index < -0.39 is 6.36 Å². The second-order valence-corrected chi connectivity index (χ2v) is 7.69. The first kappa shape index (κ1) is 21.1. The van der Waals surface area contributed by atoms with Crippen molar-refractivity contribution in [1.29, 1.82) is 0 Å². The number of ether oxygens (including phenoxy) is 2. The third kappa shape index (κ3) is 5.15. The summed E-state index contributed by atoms with van der Waals surface area (Å²) in [6.07, 6.45) is -3.12. The molecule has 0 bridgehead atoms. The standard InChI is InChI=1S/C22H24F3N3O3/c1-14-12-16(30-11-10-28-9-8-26-21(28)29)5-7-19(14)27-20-6-3-15-2-4-17(13-18(15)20)31-22(23,24)25/h2,4-5,7,12-13,20,27H,3,6,8-11H2,1H3,(H,26,29). The number of alkyl halides is 3. The molecule has 6 nitrogen and oxygen atoms in total. The maximum absolute atomic E-state index is 12.6. The Balaban J connectivity index is 1.38. The summed E-state index contributed by atoms with van der Waals surface area (Å²) in [5, 5.41) is 6.19. The van der Waals surface area contributed by atoms with Gasteiger partial charge in [-0.25, -0.2) is 4.79 Å². The molecule has 1 fully saturated rings. The van der Waals surface area contributed by atoms with Crippen LogP contribution in [0.2, 0.25) is 0 Å². The molecular weight excluding hydrogens is 411 g/mol. The molecular formula is C22H24F3N3O3. The van der Waals surface area contributed by atoms with E-state index in [1.165, 1.54) is 12.1 Å². The summed E-state index contributed by atoms with van der Waals surface area (Å²) in [5.41, 5.74) is 3.71. The number of nitrogens with zero attached hydrogens (tertiary/aromatic N) is 1. The van der Waals surface area contributed by atoms with Gasteiger partial charge in [-0.2, -0.15) is 0 Å². The van der Waals surface area contributed by atoms with Gasteiger partial charge in [0, 0.05) is 18.8 Å². The van der Waals surface area contributed by atoms with E-state index in [0.29, 0.717) is 32.0 Å². The van der Waals surface area contributed by atoms with Crippen LogP contribution in [0.3, 0.4) is 0 Å². The Labute approximate surface area is 178 Å². The minimum Gasteiger partial charge on any atom is -0.492 e. The molecule has 0 saturated carbocycles. The molecule has 0 spiro atoms. The Morgan fingerprint density at radius 1 is 1.19 bits per heavy atom. The van der Waals surface area contributed by atoms with Crippen molar-refractivity contribution in [2.75, 3.05) is 31.6 Å². The molecule has 1 heterocycles. The zero-order chi connectivity index (χ0) is 22.0. The van der Waals surface area contributed by atoms with E-state index in [9.17, 15) is 18.0 Å². The van der Waals surface area contributed by atoms with E-state index in [-0.39, 0.29) is 17.8 Å². The van der Waals surface area contributed by atoms with Crippen molar-refractivity contribution in [1.82, 2.24) is 10.2 Å². The summed E-state index contributed by atoms with van der Waals surface area (Å²) >= 11 is 0. The number of nitrogens with one attached hydrogen (secondary N) is 2. The lowest BCUT2D eigenvalue weighted by Crippen LogP contribution is -2.31. The SMILES string of the molecule is Cc1cc(OCCN2CCNC2=O)ccc1NC1CCc2ccc(OC(F)(F)F)cc21. The Hall–Kier alpha value is -3.10. The van der Waals surface area contributed by atoms with Crippen molar-refractivity contribution in [3.8, 4) is 11.5 Å². The van der Waals surface area contributed by atoms with E-state index >= 15 is 0 Å². The summed E-state index contributed by atoms with van der Waals surface area (Å²) in [6.45, 7) is 4.21. The minimum absolute atomic E-state index is 0.0695. The lowest BCUT2D eigenvalue weighted by atomic mass is 10.1. The van der Waals surface area contributed by atoms with Gasteiger partial charge in [0.05, 0.1) is 12.6 Å². The number of aryl methyl sites for hydroxylation is 2. The number of halogens is 3. The molecule has 0 aromatic heterocycles. The molecule has 1 saturated heterocycles. The van der Waals surface area contributed by atoms with E-state index in [2.05, 4.69) is 15.4 Å². The van der Waals surface area contributed by atoms with E-state index in [1.54, 1.807) is 11.0 Å². The normalized spacial score (nSPS) is 18.0. The fourth-order valence-electron chi connectivity index (χ4n) is 4.00. The molecule has 1 atom stereocenters. The Morgan fingerprint density at radius 2 is 2.00 bits per heavy atom. The van der Waals surface area contributed by atoms with Gasteiger partial charge in [-0.05, 0) is 66.8 Å². The second kappa shape index (κ2) is 8.56. The molecule has 166 valence electrons. The number of amides is 2. The van der Waals surface area contributed by atoms with Crippen LogP contribution >= 0.6 is 0 Å². The summed E-state index contributed by atoms with van der Waals surface area (Å²) in [6, 6.07) is 10.0. The highest BCUT2D eigenvalue weighted by molar-refractivity contribution is 5.76. The number of hydrogen-bond acceptors (Lipinski definition) is 4. The van der Waals surface area contributed by atoms with Gasteiger partial charge >= 0.3 is 12.4 Å². The van der Waals surface area contributed by atoms with Gasteiger partial charge in [-0.15, -0.1) is 13.2 Å². The summed E-state index contributed by atoms with van der Waals surface area (Å²) < 4.78 is 47.5. The highest BCUT2D eigenvalue weighted by atomic mass is 19.4. The monoisotopic (exact) mass is 435 g/mol. The Morgan fingerprint density at radius 3 is 2.71 bits per heavy atom. The zero-order valence-corrected chi connectivity index (χ0v) is 17.1. The van der Waals surface area contributed by atoms with Crippen molar-refractivity contribution in [3.05, 3.63) is 53.1 Å². The fourth-order valence-corrected chi connectivity index (χ4v) is 4.00. The van der Waals surface area contributed by atoms with Crippen LogP contribution in [-0.2, 0) is 6.42 Å². The number of urea groups is 1. The van der Waals surface area contributed by atoms with Crippen molar-refractivity contribution in [3.63, 3.8) is 0 Å². The molecule has 4 rings (SSSR count). The molecule has 1 unspecified atom stereocenters. The first-order valence-corrected chi connectivity index (χ1v) is 10.2. The molecule has 2 aliphatic rings. The highest BCUT2D eigenvalue weighted by Gasteiger charge is 2.32. The number of rotatable bonds is 7. The maximum atomic E-state index is 12.6. The molecule has 2 aromatic rings. The third-order valence-corrected chi connectivity index (χ3v) is 5.53. The van der Waals surface area contributed by atoms with Crippen LogP contribution in [0.15, 0.2) is 36.4 Å². The number of benzene rings is 2. The number of hydrogen-bond donors (Lipinski definition) is 2. The van der Waals surface area contributed by atoms with E-state index in [4.69, 9.17) is 4.74 Å². The molecule has 1 aliphatic carbocycles. The van der Waals surface area contributed by atoms with Crippen molar-refractivity contribution in [2.45, 2.75) is 32.2 Å². The molecule has 31 heavy (non-hydrogen) atoms. The summed E-state index contributed by atoms with van der Waals surface area (Å²) in [4.78, 5) is 13.2. The van der Waals surface area contributed by atoms with Crippen LogP contribution in [0, 0.1) is 6.92 Å². The lowest BCUT2D eigenvalue weighted by molar-refractivity contribution is -0.274. The third-order valence-electron chi connectivity index (χ3n) is 5.53. The average Bonchev–Trinajstić information content (AvgIpc) is 3.29. The second-order valence-electron chi connectivity index (χ2n) is 7.69.